The lowest BCUT2D eigenvalue weighted by Crippen LogP contribution is -2.40. The molecule has 1 amide bonds. The monoisotopic (exact) mass is 248 g/mol. The zero-order valence-corrected chi connectivity index (χ0v) is 11.0. The van der Waals surface area contributed by atoms with Crippen molar-refractivity contribution in [2.45, 2.75) is 18.9 Å². The summed E-state index contributed by atoms with van der Waals surface area (Å²) in [6, 6.07) is 7.89. The van der Waals surface area contributed by atoms with Crippen LogP contribution in [0.4, 0.5) is 5.69 Å². The minimum absolute atomic E-state index is 0.0824. The van der Waals surface area contributed by atoms with Crippen molar-refractivity contribution in [3.8, 4) is 0 Å². The van der Waals surface area contributed by atoms with Gasteiger partial charge in [-0.3, -0.25) is 4.79 Å². The predicted molar refractivity (Wildman–Crippen MR) is 71.9 cm³/mol. The van der Waals surface area contributed by atoms with Gasteiger partial charge in [-0.15, -0.1) is 0 Å². The van der Waals surface area contributed by atoms with E-state index in [4.69, 9.17) is 4.74 Å². The van der Waals surface area contributed by atoms with Gasteiger partial charge < -0.3 is 15.0 Å². The normalized spacial score (nSPS) is 16.3. The lowest BCUT2D eigenvalue weighted by molar-refractivity contribution is 0.0362. The molecule has 1 N–H and O–H groups in total. The third kappa shape index (κ3) is 2.82. The first-order valence-corrected chi connectivity index (χ1v) is 6.35. The van der Waals surface area contributed by atoms with Gasteiger partial charge in [0.2, 0.25) is 0 Å². The van der Waals surface area contributed by atoms with E-state index in [9.17, 15) is 4.79 Å². The van der Waals surface area contributed by atoms with E-state index in [1.807, 2.05) is 43.3 Å². The Labute approximate surface area is 108 Å². The number of nitrogens with one attached hydrogen (secondary N) is 1. The maximum atomic E-state index is 12.4. The first kappa shape index (κ1) is 12.9. The lowest BCUT2D eigenvalue weighted by atomic mass is 10.1. The van der Waals surface area contributed by atoms with E-state index in [-0.39, 0.29) is 5.91 Å². The molecule has 0 aliphatic carbocycles. The van der Waals surface area contributed by atoms with Crippen LogP contribution in [0.3, 0.4) is 0 Å². The number of benzene rings is 1. The molecule has 0 spiro atoms. The number of hydrogen-bond acceptors (Lipinski definition) is 3. The molecule has 98 valence electrons. The number of amides is 1. The molecule has 4 nitrogen and oxygen atoms in total. The number of carbonyl (C=O) groups is 1. The summed E-state index contributed by atoms with van der Waals surface area (Å²) in [6.07, 6.45) is 1.85. The number of ether oxygens (including phenoxy) is 1. The predicted octanol–water partition coefficient (Wildman–Crippen LogP) is 1.98. The average molecular weight is 248 g/mol. The summed E-state index contributed by atoms with van der Waals surface area (Å²) in [5.41, 5.74) is 1.69. The summed E-state index contributed by atoms with van der Waals surface area (Å²) in [7, 11) is 3.73. The summed E-state index contributed by atoms with van der Waals surface area (Å²) in [6.45, 7) is 1.50. The summed E-state index contributed by atoms with van der Waals surface area (Å²) >= 11 is 0. The van der Waals surface area contributed by atoms with Crippen molar-refractivity contribution < 1.29 is 9.53 Å². The van der Waals surface area contributed by atoms with Crippen molar-refractivity contribution in [1.29, 1.82) is 0 Å². The van der Waals surface area contributed by atoms with Crippen LogP contribution in [0.15, 0.2) is 24.3 Å². The fourth-order valence-electron chi connectivity index (χ4n) is 2.25. The van der Waals surface area contributed by atoms with Crippen LogP contribution in [0, 0.1) is 0 Å². The van der Waals surface area contributed by atoms with Gasteiger partial charge in [0.25, 0.3) is 5.91 Å². The Kier molecular flexibility index (Phi) is 4.20. The zero-order valence-electron chi connectivity index (χ0n) is 11.0. The molecule has 1 fully saturated rings. The van der Waals surface area contributed by atoms with Gasteiger partial charge >= 0.3 is 0 Å². The van der Waals surface area contributed by atoms with Crippen molar-refractivity contribution in [2.24, 2.45) is 0 Å². The molecule has 0 unspecified atom stereocenters. The molecular formula is C14H20N2O2. The highest BCUT2D eigenvalue weighted by atomic mass is 16.5. The van der Waals surface area contributed by atoms with E-state index in [1.54, 1.807) is 0 Å². The summed E-state index contributed by atoms with van der Waals surface area (Å²) < 4.78 is 5.32. The Balaban J connectivity index is 2.09. The third-order valence-corrected chi connectivity index (χ3v) is 3.46. The lowest BCUT2D eigenvalue weighted by Gasteiger charge is -2.31. The Morgan fingerprint density at radius 2 is 2.11 bits per heavy atom. The molecule has 4 heteroatoms. The van der Waals surface area contributed by atoms with Crippen LogP contribution < -0.4 is 5.32 Å². The maximum absolute atomic E-state index is 12.4. The molecule has 0 atom stereocenters. The smallest absolute Gasteiger partial charge is 0.253 e. The van der Waals surface area contributed by atoms with E-state index in [2.05, 4.69) is 5.32 Å². The third-order valence-electron chi connectivity index (χ3n) is 3.46. The van der Waals surface area contributed by atoms with Crippen LogP contribution in [-0.4, -0.2) is 44.2 Å². The Bertz CT molecular complexity index is 414. The molecular weight excluding hydrogens is 228 g/mol. The van der Waals surface area contributed by atoms with Crippen LogP contribution >= 0.6 is 0 Å². The molecule has 1 aromatic carbocycles. The first-order chi connectivity index (χ1) is 8.72. The maximum Gasteiger partial charge on any atom is 0.253 e. The minimum Gasteiger partial charge on any atom is -0.388 e. The first-order valence-electron chi connectivity index (χ1n) is 6.35. The van der Waals surface area contributed by atoms with Crippen LogP contribution in [0.2, 0.25) is 0 Å². The fourth-order valence-corrected chi connectivity index (χ4v) is 2.25. The highest BCUT2D eigenvalue weighted by Crippen LogP contribution is 2.17. The second-order valence-electron chi connectivity index (χ2n) is 4.59. The van der Waals surface area contributed by atoms with Gasteiger partial charge in [0.05, 0.1) is 0 Å². The van der Waals surface area contributed by atoms with E-state index in [0.29, 0.717) is 6.04 Å². The van der Waals surface area contributed by atoms with Crippen molar-refractivity contribution >= 4 is 11.6 Å². The molecule has 1 saturated heterocycles. The Morgan fingerprint density at radius 1 is 1.39 bits per heavy atom. The Hall–Kier alpha value is -1.55. The molecule has 0 radical (unpaired) electrons. The van der Waals surface area contributed by atoms with E-state index >= 15 is 0 Å². The highest BCUT2D eigenvalue weighted by molar-refractivity contribution is 5.95. The summed E-state index contributed by atoms with van der Waals surface area (Å²) in [5, 5.41) is 3.05. The number of anilines is 1. The molecule has 1 aromatic rings. The second kappa shape index (κ2) is 5.87. The molecule has 1 aliphatic heterocycles. The van der Waals surface area contributed by atoms with Gasteiger partial charge in [-0.1, -0.05) is 6.07 Å². The zero-order chi connectivity index (χ0) is 13.0. The molecule has 2 rings (SSSR count). The largest absolute Gasteiger partial charge is 0.388 e. The van der Waals surface area contributed by atoms with Gasteiger partial charge in [-0.05, 0) is 31.0 Å². The number of rotatable bonds is 3. The van der Waals surface area contributed by atoms with Gasteiger partial charge in [0.15, 0.2) is 0 Å². The van der Waals surface area contributed by atoms with Crippen molar-refractivity contribution in [3.63, 3.8) is 0 Å². The molecule has 1 heterocycles. The average Bonchev–Trinajstić information content (AvgIpc) is 2.46. The molecule has 0 bridgehead atoms. The minimum atomic E-state index is 0.0824. The van der Waals surface area contributed by atoms with Crippen LogP contribution in [0.25, 0.3) is 0 Å². The van der Waals surface area contributed by atoms with E-state index < -0.39 is 0 Å². The van der Waals surface area contributed by atoms with Gasteiger partial charge in [-0.2, -0.15) is 0 Å². The quantitative estimate of drug-likeness (QED) is 0.889. The molecule has 18 heavy (non-hydrogen) atoms. The highest BCUT2D eigenvalue weighted by Gasteiger charge is 2.23. The number of hydrogen-bond donors (Lipinski definition) is 1. The van der Waals surface area contributed by atoms with Crippen LogP contribution in [0.1, 0.15) is 23.2 Å². The molecule has 0 saturated carbocycles. The summed E-state index contributed by atoms with van der Waals surface area (Å²) in [5.74, 6) is 0.0824. The second-order valence-corrected chi connectivity index (χ2v) is 4.59. The van der Waals surface area contributed by atoms with Gasteiger partial charge in [0.1, 0.15) is 0 Å². The van der Waals surface area contributed by atoms with Gasteiger partial charge in [0, 0.05) is 44.6 Å². The van der Waals surface area contributed by atoms with Crippen LogP contribution in [0.5, 0.6) is 0 Å². The van der Waals surface area contributed by atoms with Crippen molar-refractivity contribution in [1.82, 2.24) is 4.90 Å². The fraction of sp³-hybridized carbons (Fsp3) is 0.500. The topological polar surface area (TPSA) is 41.6 Å². The Morgan fingerprint density at radius 3 is 2.78 bits per heavy atom. The van der Waals surface area contributed by atoms with E-state index in [1.165, 1.54) is 0 Å². The van der Waals surface area contributed by atoms with E-state index in [0.717, 1.165) is 37.3 Å². The summed E-state index contributed by atoms with van der Waals surface area (Å²) in [4.78, 5) is 14.2. The SMILES string of the molecule is CNc1cccc(C(=O)N(C)C2CCOCC2)c1. The molecule has 0 aromatic heterocycles. The van der Waals surface area contributed by atoms with Crippen LogP contribution in [-0.2, 0) is 4.74 Å². The standard InChI is InChI=1S/C14H20N2O2/c1-15-12-5-3-4-11(10-12)14(17)16(2)13-6-8-18-9-7-13/h3-5,10,13,15H,6-9H2,1-2H3. The van der Waals surface area contributed by atoms with Crippen molar-refractivity contribution in [2.75, 3.05) is 32.6 Å². The number of nitrogens with zero attached hydrogens (tertiary/aromatic N) is 1. The van der Waals surface area contributed by atoms with Crippen molar-refractivity contribution in [3.05, 3.63) is 29.8 Å². The molecule has 1 aliphatic rings. The number of carbonyl (C=O) groups excluding carboxylic acids is 1. The van der Waals surface area contributed by atoms with Gasteiger partial charge in [-0.25, -0.2) is 0 Å².